The lowest BCUT2D eigenvalue weighted by atomic mass is 9.69. The van der Waals surface area contributed by atoms with Crippen molar-refractivity contribution in [3.8, 4) is 0 Å². The van der Waals surface area contributed by atoms with E-state index in [2.05, 4.69) is 72.7 Å². The highest BCUT2D eigenvalue weighted by Crippen LogP contribution is 2.40. The number of rotatable bonds is 4. The largest absolute Gasteiger partial charge is 0.465 e. The Bertz CT molecular complexity index is 460. The van der Waals surface area contributed by atoms with Gasteiger partial charge in [0.25, 0.3) is 0 Å². The molecule has 1 atom stereocenters. The smallest absolute Gasteiger partial charge is 0.403 e. The molecule has 0 saturated carbocycles. The molecule has 1 aliphatic heterocycles. The average molecular weight is 288 g/mol. The molecular weight excluding hydrogens is 259 g/mol. The summed E-state index contributed by atoms with van der Waals surface area (Å²) in [5, 5.41) is 0. The molecule has 1 heterocycles. The normalized spacial score (nSPS) is 21.8. The Morgan fingerprint density at radius 3 is 1.81 bits per heavy atom. The molecule has 1 fully saturated rings. The second kappa shape index (κ2) is 5.77. The van der Waals surface area contributed by atoms with Gasteiger partial charge in [0.05, 0.1) is 11.2 Å². The van der Waals surface area contributed by atoms with Crippen LogP contribution in [0.2, 0.25) is 0 Å². The summed E-state index contributed by atoms with van der Waals surface area (Å²) in [5.41, 5.74) is 2.16. The van der Waals surface area contributed by atoms with Crippen LogP contribution < -0.4 is 0 Å². The van der Waals surface area contributed by atoms with Gasteiger partial charge in [-0.3, -0.25) is 0 Å². The topological polar surface area (TPSA) is 18.5 Å². The van der Waals surface area contributed by atoms with Crippen LogP contribution >= 0.6 is 0 Å². The molecule has 1 saturated heterocycles. The van der Waals surface area contributed by atoms with Gasteiger partial charge in [-0.25, -0.2) is 0 Å². The minimum Gasteiger partial charge on any atom is -0.403 e. The summed E-state index contributed by atoms with van der Waals surface area (Å²) in [6.07, 6.45) is 1.13. The van der Waals surface area contributed by atoms with Crippen molar-refractivity contribution in [1.29, 1.82) is 0 Å². The van der Waals surface area contributed by atoms with E-state index < -0.39 is 0 Å². The molecule has 1 aromatic rings. The highest BCUT2D eigenvalue weighted by Gasteiger charge is 2.52. The van der Waals surface area contributed by atoms with Gasteiger partial charge in [-0.1, -0.05) is 45.0 Å². The molecule has 1 aromatic carbocycles. The van der Waals surface area contributed by atoms with Gasteiger partial charge in [0, 0.05) is 5.82 Å². The van der Waals surface area contributed by atoms with Crippen LogP contribution in [0.1, 0.15) is 65.4 Å². The van der Waals surface area contributed by atoms with Gasteiger partial charge in [-0.05, 0) is 51.2 Å². The molecule has 0 bridgehead atoms. The molecule has 0 aromatic heterocycles. The average Bonchev–Trinajstić information content (AvgIpc) is 2.58. The summed E-state index contributed by atoms with van der Waals surface area (Å²) in [7, 11) is -0.175. The second-order valence-electron chi connectivity index (χ2n) is 7.75. The minimum atomic E-state index is -0.260. The molecule has 0 N–H and O–H groups in total. The maximum atomic E-state index is 6.15. The first-order chi connectivity index (χ1) is 9.62. The third kappa shape index (κ3) is 3.52. The van der Waals surface area contributed by atoms with Crippen molar-refractivity contribution in [3.63, 3.8) is 0 Å². The molecule has 21 heavy (non-hydrogen) atoms. The molecule has 0 unspecified atom stereocenters. The van der Waals surface area contributed by atoms with Crippen molar-refractivity contribution >= 4 is 7.12 Å². The van der Waals surface area contributed by atoms with E-state index in [9.17, 15) is 0 Å². The lowest BCUT2D eigenvalue weighted by molar-refractivity contribution is 0.00578. The molecule has 0 amide bonds. The zero-order valence-corrected chi connectivity index (χ0v) is 14.6. The van der Waals surface area contributed by atoms with Crippen LogP contribution in [-0.4, -0.2) is 18.3 Å². The standard InChI is InChI=1S/C18H29BO2/c1-13(2)12-15-8-10-16(11-9-15)14(3)19-20-17(4,5)18(6,7)21-19/h8-11,13-14H,12H2,1-7H3/t14-/m1/s1. The predicted octanol–water partition coefficient (Wildman–Crippen LogP) is 4.62. The van der Waals surface area contributed by atoms with E-state index in [4.69, 9.17) is 9.31 Å². The number of hydrogen-bond donors (Lipinski definition) is 0. The minimum absolute atomic E-state index is 0.175. The predicted molar refractivity (Wildman–Crippen MR) is 89.5 cm³/mol. The SMILES string of the molecule is CC(C)Cc1ccc([C@@H](C)B2OC(C)(C)C(C)(C)O2)cc1. The van der Waals surface area contributed by atoms with E-state index in [1.807, 2.05) is 0 Å². The lowest BCUT2D eigenvalue weighted by Crippen LogP contribution is -2.41. The molecule has 2 rings (SSSR count). The Hall–Kier alpha value is -0.795. The van der Waals surface area contributed by atoms with Crippen LogP contribution in [0.15, 0.2) is 24.3 Å². The fraction of sp³-hybridized carbons (Fsp3) is 0.667. The Morgan fingerprint density at radius 2 is 1.38 bits per heavy atom. The molecule has 116 valence electrons. The van der Waals surface area contributed by atoms with E-state index in [0.717, 1.165) is 6.42 Å². The van der Waals surface area contributed by atoms with Crippen LogP contribution in [-0.2, 0) is 15.7 Å². The van der Waals surface area contributed by atoms with Gasteiger partial charge in [0.15, 0.2) is 0 Å². The summed E-state index contributed by atoms with van der Waals surface area (Å²) in [5.74, 6) is 0.926. The van der Waals surface area contributed by atoms with Crippen molar-refractivity contribution in [1.82, 2.24) is 0 Å². The summed E-state index contributed by atoms with van der Waals surface area (Å²) >= 11 is 0. The van der Waals surface area contributed by atoms with Crippen molar-refractivity contribution in [2.24, 2.45) is 5.92 Å². The van der Waals surface area contributed by atoms with Crippen LogP contribution in [0.3, 0.4) is 0 Å². The fourth-order valence-corrected chi connectivity index (χ4v) is 2.68. The lowest BCUT2D eigenvalue weighted by Gasteiger charge is -2.32. The molecular formula is C18H29BO2. The fourth-order valence-electron chi connectivity index (χ4n) is 2.68. The van der Waals surface area contributed by atoms with E-state index in [-0.39, 0.29) is 24.1 Å². The highest BCUT2D eigenvalue weighted by molar-refractivity contribution is 6.47. The van der Waals surface area contributed by atoms with Gasteiger partial charge in [0.2, 0.25) is 0 Å². The van der Waals surface area contributed by atoms with Crippen molar-refractivity contribution in [2.75, 3.05) is 0 Å². The summed E-state index contributed by atoms with van der Waals surface area (Å²) in [6.45, 7) is 15.1. The quantitative estimate of drug-likeness (QED) is 0.753. The first kappa shape index (κ1) is 16.6. The van der Waals surface area contributed by atoms with Crippen molar-refractivity contribution in [3.05, 3.63) is 35.4 Å². The Morgan fingerprint density at radius 1 is 0.905 bits per heavy atom. The summed E-state index contributed by atoms with van der Waals surface area (Å²) in [4.78, 5) is 0. The summed E-state index contributed by atoms with van der Waals surface area (Å²) < 4.78 is 12.3. The van der Waals surface area contributed by atoms with E-state index in [0.29, 0.717) is 5.92 Å². The van der Waals surface area contributed by atoms with Crippen LogP contribution in [0.5, 0.6) is 0 Å². The van der Waals surface area contributed by atoms with E-state index in [1.54, 1.807) is 0 Å². The van der Waals surface area contributed by atoms with E-state index >= 15 is 0 Å². The zero-order chi connectivity index (χ0) is 15.8. The first-order valence-corrected chi connectivity index (χ1v) is 8.07. The second-order valence-corrected chi connectivity index (χ2v) is 7.75. The third-order valence-electron chi connectivity index (χ3n) is 4.83. The maximum absolute atomic E-state index is 6.15. The van der Waals surface area contributed by atoms with E-state index in [1.165, 1.54) is 11.1 Å². The Balaban J connectivity index is 2.09. The number of hydrogen-bond acceptors (Lipinski definition) is 2. The van der Waals surface area contributed by atoms with Crippen LogP contribution in [0.25, 0.3) is 0 Å². The van der Waals surface area contributed by atoms with Gasteiger partial charge in [0.1, 0.15) is 0 Å². The maximum Gasteiger partial charge on any atom is 0.465 e. The number of benzene rings is 1. The Labute approximate surface area is 130 Å². The molecule has 0 aliphatic carbocycles. The van der Waals surface area contributed by atoms with Crippen molar-refractivity contribution < 1.29 is 9.31 Å². The Kier molecular flexibility index (Phi) is 4.56. The first-order valence-electron chi connectivity index (χ1n) is 8.07. The monoisotopic (exact) mass is 288 g/mol. The van der Waals surface area contributed by atoms with Gasteiger partial charge in [-0.2, -0.15) is 0 Å². The third-order valence-corrected chi connectivity index (χ3v) is 4.83. The van der Waals surface area contributed by atoms with Crippen LogP contribution in [0.4, 0.5) is 0 Å². The van der Waals surface area contributed by atoms with Crippen LogP contribution in [0, 0.1) is 5.92 Å². The highest BCUT2D eigenvalue weighted by atomic mass is 16.7. The van der Waals surface area contributed by atoms with Gasteiger partial charge in [-0.15, -0.1) is 0 Å². The molecule has 0 spiro atoms. The molecule has 2 nitrogen and oxygen atoms in total. The van der Waals surface area contributed by atoms with Gasteiger partial charge >= 0.3 is 7.12 Å². The molecule has 1 aliphatic rings. The molecule has 0 radical (unpaired) electrons. The van der Waals surface area contributed by atoms with Crippen molar-refractivity contribution in [2.45, 2.75) is 71.9 Å². The van der Waals surface area contributed by atoms with Gasteiger partial charge < -0.3 is 9.31 Å². The molecule has 3 heteroatoms. The summed E-state index contributed by atoms with van der Waals surface area (Å²) in [6, 6.07) is 8.90. The zero-order valence-electron chi connectivity index (χ0n) is 14.6.